The number of nitrogens with zero attached hydrogens (tertiary/aromatic N) is 2. The molecule has 3 nitrogen and oxygen atoms in total. The van der Waals surface area contributed by atoms with Crippen molar-refractivity contribution in [3.63, 3.8) is 0 Å². The molecular formula is C12H18N2O. The number of aliphatic hydroxyl groups excluding tert-OH is 1. The molecule has 2 unspecified atom stereocenters. The smallest absolute Gasteiger partial charge is 0.0853 e. The first-order valence-electron chi connectivity index (χ1n) is 5.51. The van der Waals surface area contributed by atoms with E-state index >= 15 is 0 Å². The molecule has 0 amide bonds. The maximum absolute atomic E-state index is 9.03. The highest BCUT2D eigenvalue weighted by Crippen LogP contribution is 2.27. The quantitative estimate of drug-likeness (QED) is 0.799. The Balaban J connectivity index is 2.16. The molecule has 0 spiro atoms. The molecule has 1 saturated heterocycles. The molecule has 0 aromatic carbocycles. The Morgan fingerprint density at radius 3 is 2.67 bits per heavy atom. The Hall–Kier alpha value is -1.09. The lowest BCUT2D eigenvalue weighted by atomic mass is 10.0. The van der Waals surface area contributed by atoms with Crippen LogP contribution in [0.3, 0.4) is 0 Å². The number of anilines is 1. The first-order valence-corrected chi connectivity index (χ1v) is 5.51. The minimum Gasteiger partial charge on any atom is -0.390 e. The Morgan fingerprint density at radius 1 is 1.40 bits per heavy atom. The molecule has 82 valence electrons. The summed E-state index contributed by atoms with van der Waals surface area (Å²) in [5.41, 5.74) is 1.94. The van der Waals surface area contributed by atoms with Crippen LogP contribution >= 0.6 is 0 Å². The SMILES string of the molecule is CC1CN(c2ccnc(CO)c2)CC1C. The number of aromatic nitrogens is 1. The highest BCUT2D eigenvalue weighted by Gasteiger charge is 2.26. The Labute approximate surface area is 90.8 Å². The second-order valence-corrected chi connectivity index (χ2v) is 4.52. The van der Waals surface area contributed by atoms with E-state index in [1.807, 2.05) is 12.1 Å². The van der Waals surface area contributed by atoms with Gasteiger partial charge in [0.05, 0.1) is 12.3 Å². The summed E-state index contributed by atoms with van der Waals surface area (Å²) in [4.78, 5) is 6.46. The van der Waals surface area contributed by atoms with Crippen LogP contribution in [0.4, 0.5) is 5.69 Å². The van der Waals surface area contributed by atoms with Crippen molar-refractivity contribution in [2.45, 2.75) is 20.5 Å². The van der Waals surface area contributed by atoms with Crippen LogP contribution < -0.4 is 4.90 Å². The van der Waals surface area contributed by atoms with E-state index in [0.29, 0.717) is 0 Å². The normalized spacial score (nSPS) is 25.9. The molecule has 1 N–H and O–H groups in total. The van der Waals surface area contributed by atoms with Gasteiger partial charge in [-0.15, -0.1) is 0 Å². The van der Waals surface area contributed by atoms with Gasteiger partial charge in [-0.2, -0.15) is 0 Å². The second-order valence-electron chi connectivity index (χ2n) is 4.52. The zero-order valence-corrected chi connectivity index (χ0v) is 9.35. The largest absolute Gasteiger partial charge is 0.390 e. The van der Waals surface area contributed by atoms with Gasteiger partial charge < -0.3 is 10.0 Å². The van der Waals surface area contributed by atoms with Crippen LogP contribution in [0, 0.1) is 11.8 Å². The first kappa shape index (κ1) is 10.4. The van der Waals surface area contributed by atoms with Gasteiger partial charge in [0.2, 0.25) is 0 Å². The van der Waals surface area contributed by atoms with E-state index in [4.69, 9.17) is 5.11 Å². The predicted molar refractivity (Wildman–Crippen MR) is 60.7 cm³/mol. The minimum absolute atomic E-state index is 0.0206. The monoisotopic (exact) mass is 206 g/mol. The summed E-state index contributed by atoms with van der Waals surface area (Å²) in [5, 5.41) is 9.03. The molecule has 15 heavy (non-hydrogen) atoms. The van der Waals surface area contributed by atoms with Gasteiger partial charge in [-0.05, 0) is 24.0 Å². The highest BCUT2D eigenvalue weighted by molar-refractivity contribution is 5.47. The molecule has 1 aromatic heterocycles. The van der Waals surface area contributed by atoms with E-state index in [-0.39, 0.29) is 6.61 Å². The Kier molecular flexibility index (Phi) is 2.91. The zero-order chi connectivity index (χ0) is 10.8. The van der Waals surface area contributed by atoms with Gasteiger partial charge in [-0.1, -0.05) is 13.8 Å². The van der Waals surface area contributed by atoms with Crippen LogP contribution in [0.1, 0.15) is 19.5 Å². The summed E-state index contributed by atoms with van der Waals surface area (Å²) in [7, 11) is 0. The molecule has 1 aromatic rings. The van der Waals surface area contributed by atoms with Crippen molar-refractivity contribution in [2.24, 2.45) is 11.8 Å². The molecule has 1 aliphatic rings. The molecule has 1 aliphatic heterocycles. The van der Waals surface area contributed by atoms with Crippen LogP contribution in [0.25, 0.3) is 0 Å². The number of pyridine rings is 1. The molecular weight excluding hydrogens is 188 g/mol. The number of hydrogen-bond acceptors (Lipinski definition) is 3. The lowest BCUT2D eigenvalue weighted by Gasteiger charge is -2.18. The predicted octanol–water partition coefficient (Wildman–Crippen LogP) is 1.67. The lowest BCUT2D eigenvalue weighted by molar-refractivity contribution is 0.277. The topological polar surface area (TPSA) is 36.4 Å². The van der Waals surface area contributed by atoms with E-state index in [1.165, 1.54) is 5.69 Å². The summed E-state index contributed by atoms with van der Waals surface area (Å²) in [6.45, 7) is 6.82. The summed E-state index contributed by atoms with van der Waals surface area (Å²) in [6.07, 6.45) is 1.77. The molecule has 0 aliphatic carbocycles. The molecule has 0 bridgehead atoms. The third-order valence-electron chi connectivity index (χ3n) is 3.32. The minimum atomic E-state index is 0.0206. The van der Waals surface area contributed by atoms with Crippen molar-refractivity contribution in [1.29, 1.82) is 0 Å². The molecule has 0 saturated carbocycles. The van der Waals surface area contributed by atoms with Crippen LogP contribution in [0.2, 0.25) is 0 Å². The molecule has 1 fully saturated rings. The van der Waals surface area contributed by atoms with Crippen LogP contribution in [0.5, 0.6) is 0 Å². The first-order chi connectivity index (χ1) is 7.20. The van der Waals surface area contributed by atoms with Crippen molar-refractivity contribution >= 4 is 5.69 Å². The van der Waals surface area contributed by atoms with E-state index in [1.54, 1.807) is 6.20 Å². The van der Waals surface area contributed by atoms with Crippen LogP contribution in [0.15, 0.2) is 18.3 Å². The number of aliphatic hydroxyl groups is 1. The fraction of sp³-hybridized carbons (Fsp3) is 0.583. The zero-order valence-electron chi connectivity index (χ0n) is 9.35. The summed E-state index contributed by atoms with van der Waals surface area (Å²) in [6, 6.07) is 3.99. The number of rotatable bonds is 2. The molecule has 2 atom stereocenters. The molecule has 0 radical (unpaired) electrons. The van der Waals surface area contributed by atoms with E-state index in [0.717, 1.165) is 30.6 Å². The molecule has 3 heteroatoms. The summed E-state index contributed by atoms with van der Waals surface area (Å²) >= 11 is 0. The maximum atomic E-state index is 9.03. The van der Waals surface area contributed by atoms with E-state index < -0.39 is 0 Å². The van der Waals surface area contributed by atoms with Gasteiger partial charge in [0.15, 0.2) is 0 Å². The molecule has 2 heterocycles. The fourth-order valence-electron chi connectivity index (χ4n) is 2.09. The lowest BCUT2D eigenvalue weighted by Crippen LogP contribution is -2.19. The van der Waals surface area contributed by atoms with Crippen molar-refractivity contribution < 1.29 is 5.11 Å². The van der Waals surface area contributed by atoms with Gasteiger partial charge in [-0.3, -0.25) is 4.98 Å². The third kappa shape index (κ3) is 2.12. The van der Waals surface area contributed by atoms with Crippen molar-refractivity contribution in [2.75, 3.05) is 18.0 Å². The van der Waals surface area contributed by atoms with Crippen molar-refractivity contribution in [3.05, 3.63) is 24.0 Å². The highest BCUT2D eigenvalue weighted by atomic mass is 16.3. The fourth-order valence-corrected chi connectivity index (χ4v) is 2.09. The van der Waals surface area contributed by atoms with Gasteiger partial charge in [0.1, 0.15) is 0 Å². The van der Waals surface area contributed by atoms with Gasteiger partial charge in [0, 0.05) is 25.0 Å². The average Bonchev–Trinajstić information content (AvgIpc) is 2.59. The van der Waals surface area contributed by atoms with Crippen LogP contribution in [-0.2, 0) is 6.61 Å². The van der Waals surface area contributed by atoms with Gasteiger partial charge in [0.25, 0.3) is 0 Å². The third-order valence-corrected chi connectivity index (χ3v) is 3.32. The van der Waals surface area contributed by atoms with E-state index in [2.05, 4.69) is 23.7 Å². The summed E-state index contributed by atoms with van der Waals surface area (Å²) < 4.78 is 0. The van der Waals surface area contributed by atoms with Crippen LogP contribution in [-0.4, -0.2) is 23.2 Å². The Morgan fingerprint density at radius 2 is 2.07 bits per heavy atom. The van der Waals surface area contributed by atoms with Crippen molar-refractivity contribution in [3.8, 4) is 0 Å². The molecule has 2 rings (SSSR count). The second kappa shape index (κ2) is 4.19. The Bertz CT molecular complexity index is 330. The van der Waals surface area contributed by atoms with Crippen molar-refractivity contribution in [1.82, 2.24) is 4.98 Å². The van der Waals surface area contributed by atoms with Gasteiger partial charge >= 0.3 is 0 Å². The maximum Gasteiger partial charge on any atom is 0.0853 e. The average molecular weight is 206 g/mol. The summed E-state index contributed by atoms with van der Waals surface area (Å²) in [5.74, 6) is 1.49. The number of hydrogen-bond donors (Lipinski definition) is 1. The standard InChI is InChI=1S/C12H18N2O/c1-9-6-14(7-10(9)2)12-3-4-13-11(5-12)8-15/h3-5,9-10,15H,6-8H2,1-2H3. The van der Waals surface area contributed by atoms with Gasteiger partial charge in [-0.25, -0.2) is 0 Å². The van der Waals surface area contributed by atoms with E-state index in [9.17, 15) is 0 Å².